The summed E-state index contributed by atoms with van der Waals surface area (Å²) in [5.41, 5.74) is 0.966. The molecule has 0 bridgehead atoms. The van der Waals surface area contributed by atoms with Gasteiger partial charge in [-0.3, -0.25) is 10.1 Å². The average Bonchev–Trinajstić information content (AvgIpc) is 3.13. The first-order valence-electron chi connectivity index (χ1n) is 8.08. The van der Waals surface area contributed by atoms with Crippen molar-refractivity contribution in [1.82, 2.24) is 5.16 Å². The molecule has 1 N–H and O–H groups in total. The Kier molecular flexibility index (Phi) is 6.99. The van der Waals surface area contributed by atoms with E-state index in [0.717, 1.165) is 0 Å². The van der Waals surface area contributed by atoms with Crippen LogP contribution in [0.5, 0.6) is 11.5 Å². The van der Waals surface area contributed by atoms with Gasteiger partial charge in [0.1, 0.15) is 17.1 Å². The summed E-state index contributed by atoms with van der Waals surface area (Å²) in [6, 6.07) is 6.78. The molecule has 8 nitrogen and oxygen atoms in total. The number of anilines is 1. The smallest absolute Gasteiger partial charge is 0.265 e. The minimum atomic E-state index is -0.415. The average molecular weight is 364 g/mol. The van der Waals surface area contributed by atoms with Crippen LogP contribution in [0, 0.1) is 0 Å². The van der Waals surface area contributed by atoms with E-state index in [2.05, 4.69) is 10.5 Å². The second kappa shape index (κ2) is 9.21. The van der Waals surface area contributed by atoms with Gasteiger partial charge in [-0.15, -0.1) is 0 Å². The topological polar surface area (TPSA) is 92.1 Å². The number of benzene rings is 1. The van der Waals surface area contributed by atoms with Crippen molar-refractivity contribution in [3.8, 4) is 11.5 Å². The fourth-order valence-electron chi connectivity index (χ4n) is 2.53. The van der Waals surface area contributed by atoms with Gasteiger partial charge in [-0.2, -0.15) is 0 Å². The second-order valence-corrected chi connectivity index (χ2v) is 5.65. The van der Waals surface area contributed by atoms with Crippen LogP contribution < -0.4 is 14.8 Å². The van der Waals surface area contributed by atoms with E-state index in [-0.39, 0.29) is 23.7 Å². The summed E-state index contributed by atoms with van der Waals surface area (Å²) in [6.07, 6.45) is 0.269. The Labute approximate surface area is 152 Å². The van der Waals surface area contributed by atoms with Gasteiger partial charge in [0.15, 0.2) is 6.29 Å². The predicted octanol–water partition coefficient (Wildman–Crippen LogP) is 3.06. The van der Waals surface area contributed by atoms with Crippen molar-refractivity contribution in [3.05, 3.63) is 35.5 Å². The van der Waals surface area contributed by atoms with E-state index in [1.807, 2.05) is 6.92 Å². The minimum absolute atomic E-state index is 0.0232. The first-order valence-corrected chi connectivity index (χ1v) is 8.08. The van der Waals surface area contributed by atoms with E-state index < -0.39 is 5.91 Å². The SMILES string of the molecule is COc1cccc(OC)c1C(=O)Nc1cc(C(C)CC(OC)OC)no1. The van der Waals surface area contributed by atoms with Crippen molar-refractivity contribution in [3.63, 3.8) is 0 Å². The highest BCUT2D eigenvalue weighted by atomic mass is 16.7. The van der Waals surface area contributed by atoms with Crippen molar-refractivity contribution >= 4 is 11.8 Å². The zero-order valence-electron chi connectivity index (χ0n) is 15.6. The maximum absolute atomic E-state index is 12.6. The molecular weight excluding hydrogens is 340 g/mol. The van der Waals surface area contributed by atoms with Gasteiger partial charge in [0, 0.05) is 32.6 Å². The van der Waals surface area contributed by atoms with Crippen LogP contribution >= 0.6 is 0 Å². The number of hydrogen-bond acceptors (Lipinski definition) is 7. The Balaban J connectivity index is 2.13. The molecule has 26 heavy (non-hydrogen) atoms. The number of aromatic nitrogens is 1. The van der Waals surface area contributed by atoms with E-state index in [4.69, 9.17) is 23.5 Å². The lowest BCUT2D eigenvalue weighted by molar-refractivity contribution is -0.109. The highest BCUT2D eigenvalue weighted by molar-refractivity contribution is 6.07. The van der Waals surface area contributed by atoms with Crippen LogP contribution in [0.15, 0.2) is 28.8 Å². The molecule has 1 amide bonds. The second-order valence-electron chi connectivity index (χ2n) is 5.65. The van der Waals surface area contributed by atoms with Crippen molar-refractivity contribution in [2.75, 3.05) is 33.8 Å². The highest BCUT2D eigenvalue weighted by Crippen LogP contribution is 2.30. The Morgan fingerprint density at radius 2 is 1.77 bits per heavy atom. The summed E-state index contributed by atoms with van der Waals surface area (Å²) in [5, 5.41) is 6.68. The fraction of sp³-hybridized carbons (Fsp3) is 0.444. The molecule has 1 atom stereocenters. The van der Waals surface area contributed by atoms with Crippen LogP contribution in [0.3, 0.4) is 0 Å². The molecule has 0 aliphatic carbocycles. The molecule has 0 spiro atoms. The lowest BCUT2D eigenvalue weighted by atomic mass is 10.0. The van der Waals surface area contributed by atoms with Crippen LogP contribution in [0.4, 0.5) is 5.88 Å². The van der Waals surface area contributed by atoms with Crippen LogP contribution in [-0.4, -0.2) is 45.8 Å². The molecule has 8 heteroatoms. The van der Waals surface area contributed by atoms with E-state index in [1.165, 1.54) is 14.2 Å². The Bertz CT molecular complexity index is 704. The molecule has 0 radical (unpaired) electrons. The molecule has 1 unspecified atom stereocenters. The summed E-state index contributed by atoms with van der Waals surface area (Å²) < 4.78 is 26.1. The van der Waals surface area contributed by atoms with Crippen molar-refractivity contribution < 1.29 is 28.3 Å². The van der Waals surface area contributed by atoms with E-state index in [0.29, 0.717) is 23.6 Å². The molecule has 1 heterocycles. The van der Waals surface area contributed by atoms with Crippen molar-refractivity contribution in [2.24, 2.45) is 0 Å². The third-order valence-electron chi connectivity index (χ3n) is 4.00. The highest BCUT2D eigenvalue weighted by Gasteiger charge is 2.21. The zero-order chi connectivity index (χ0) is 19.1. The Morgan fingerprint density at radius 3 is 2.31 bits per heavy atom. The van der Waals surface area contributed by atoms with Crippen LogP contribution in [0.2, 0.25) is 0 Å². The van der Waals surface area contributed by atoms with Gasteiger partial charge in [-0.25, -0.2) is 0 Å². The summed E-state index contributed by atoms with van der Waals surface area (Å²) in [4.78, 5) is 12.6. The molecule has 0 fully saturated rings. The summed E-state index contributed by atoms with van der Waals surface area (Å²) in [6.45, 7) is 1.97. The molecule has 2 rings (SSSR count). The predicted molar refractivity (Wildman–Crippen MR) is 94.8 cm³/mol. The first kappa shape index (κ1) is 19.7. The zero-order valence-corrected chi connectivity index (χ0v) is 15.6. The number of hydrogen-bond donors (Lipinski definition) is 1. The van der Waals surface area contributed by atoms with E-state index >= 15 is 0 Å². The largest absolute Gasteiger partial charge is 0.496 e. The molecule has 1 aromatic heterocycles. The molecular formula is C18H24N2O6. The standard InChI is InChI=1S/C18H24N2O6/c1-11(9-16(24-4)25-5)12-10-15(26-20-12)19-18(21)17-13(22-2)7-6-8-14(17)23-3/h6-8,10-11,16H,9H2,1-5H3,(H,19,21). The number of amides is 1. The number of methoxy groups -OCH3 is 4. The maximum atomic E-state index is 12.6. The van der Waals surface area contributed by atoms with Crippen LogP contribution in [0.25, 0.3) is 0 Å². The Morgan fingerprint density at radius 1 is 1.15 bits per heavy atom. The van der Waals surface area contributed by atoms with Crippen molar-refractivity contribution in [1.29, 1.82) is 0 Å². The van der Waals surface area contributed by atoms with Gasteiger partial charge < -0.3 is 23.5 Å². The van der Waals surface area contributed by atoms with Gasteiger partial charge in [0.05, 0.1) is 19.9 Å². The molecule has 2 aromatic rings. The fourth-order valence-corrected chi connectivity index (χ4v) is 2.53. The number of rotatable bonds is 9. The van der Waals surface area contributed by atoms with Gasteiger partial charge in [0.25, 0.3) is 5.91 Å². The van der Waals surface area contributed by atoms with Crippen molar-refractivity contribution in [2.45, 2.75) is 25.6 Å². The summed E-state index contributed by atoms with van der Waals surface area (Å²) >= 11 is 0. The number of carbonyl (C=O) groups excluding carboxylic acids is 1. The lowest BCUT2D eigenvalue weighted by Crippen LogP contribution is -2.16. The maximum Gasteiger partial charge on any atom is 0.265 e. The number of carbonyl (C=O) groups is 1. The molecule has 0 aliphatic rings. The lowest BCUT2D eigenvalue weighted by Gasteiger charge is -2.16. The Hall–Kier alpha value is -2.58. The third-order valence-corrected chi connectivity index (χ3v) is 4.00. The molecule has 0 saturated heterocycles. The van der Waals surface area contributed by atoms with E-state index in [1.54, 1.807) is 38.5 Å². The van der Waals surface area contributed by atoms with Gasteiger partial charge in [-0.1, -0.05) is 18.1 Å². The normalized spacial score (nSPS) is 12.1. The number of ether oxygens (including phenoxy) is 4. The first-order chi connectivity index (χ1) is 12.5. The van der Waals surface area contributed by atoms with E-state index in [9.17, 15) is 4.79 Å². The number of nitrogens with one attached hydrogen (secondary N) is 1. The van der Waals surface area contributed by atoms with Crippen LogP contribution in [-0.2, 0) is 9.47 Å². The van der Waals surface area contributed by atoms with Gasteiger partial charge in [-0.05, 0) is 12.1 Å². The van der Waals surface area contributed by atoms with Crippen LogP contribution in [0.1, 0.15) is 35.3 Å². The molecule has 1 aromatic carbocycles. The number of nitrogens with zero attached hydrogens (tertiary/aromatic N) is 1. The van der Waals surface area contributed by atoms with Gasteiger partial charge in [0.2, 0.25) is 5.88 Å². The quantitative estimate of drug-likeness (QED) is 0.684. The molecule has 0 saturated carbocycles. The van der Waals surface area contributed by atoms with Gasteiger partial charge >= 0.3 is 0 Å². The summed E-state index contributed by atoms with van der Waals surface area (Å²) in [5.74, 6) is 0.642. The monoisotopic (exact) mass is 364 g/mol. The minimum Gasteiger partial charge on any atom is -0.496 e. The summed E-state index contributed by atoms with van der Waals surface area (Å²) in [7, 11) is 6.13. The molecule has 0 aliphatic heterocycles. The molecule has 142 valence electrons. The third kappa shape index (κ3) is 4.53.